The number of halogens is 4. The minimum atomic E-state index is -4.59. The third kappa shape index (κ3) is 4.00. The van der Waals surface area contributed by atoms with Crippen LogP contribution in [0.5, 0.6) is 5.75 Å². The Morgan fingerprint density at radius 1 is 1.00 bits per heavy atom. The lowest BCUT2D eigenvalue weighted by atomic mass is 9.94. The van der Waals surface area contributed by atoms with Crippen LogP contribution in [-0.2, 0) is 22.2 Å². The third-order valence-electron chi connectivity index (χ3n) is 6.27. The van der Waals surface area contributed by atoms with E-state index in [-0.39, 0.29) is 22.9 Å². The van der Waals surface area contributed by atoms with Gasteiger partial charge in [0.2, 0.25) is 0 Å². The number of aliphatic hydroxyl groups excluding tert-OH is 1. The summed E-state index contributed by atoms with van der Waals surface area (Å²) in [6, 6.07) is 12.4. The van der Waals surface area contributed by atoms with Crippen molar-refractivity contribution in [3.63, 3.8) is 0 Å². The van der Waals surface area contributed by atoms with E-state index in [9.17, 15) is 32.3 Å². The van der Waals surface area contributed by atoms with Crippen molar-refractivity contribution >= 4 is 23.1 Å². The Morgan fingerprint density at radius 3 is 2.31 bits per heavy atom. The number of Topliss-reactive ketones (excluding diaryl/α,β-unsaturated/α-hetero) is 1. The number of hydrogen-bond acceptors (Lipinski definition) is 4. The summed E-state index contributed by atoms with van der Waals surface area (Å²) < 4.78 is 58.5. The van der Waals surface area contributed by atoms with Crippen molar-refractivity contribution in [2.45, 2.75) is 31.7 Å². The van der Waals surface area contributed by atoms with Gasteiger partial charge >= 0.3 is 6.18 Å². The molecule has 2 aliphatic rings. The maximum Gasteiger partial charge on any atom is 0.416 e. The molecule has 36 heavy (non-hydrogen) atoms. The summed E-state index contributed by atoms with van der Waals surface area (Å²) in [5, 5.41) is 11.2. The first-order valence-electron chi connectivity index (χ1n) is 11.1. The number of ether oxygens (including phenoxy) is 1. The molecular formula is C27H19F4NO4. The van der Waals surface area contributed by atoms with Crippen LogP contribution in [0.4, 0.5) is 23.2 Å². The van der Waals surface area contributed by atoms with Crippen LogP contribution in [-0.4, -0.2) is 22.9 Å². The molecule has 2 heterocycles. The average molecular weight is 497 g/mol. The minimum Gasteiger partial charge on any atom is -0.507 e. The van der Waals surface area contributed by atoms with Crippen LogP contribution < -0.4 is 9.64 Å². The van der Waals surface area contributed by atoms with Crippen LogP contribution >= 0.6 is 0 Å². The number of rotatable bonds is 3. The van der Waals surface area contributed by atoms with Gasteiger partial charge in [0.25, 0.3) is 11.7 Å². The molecule has 9 heteroatoms. The molecule has 2 atom stereocenters. The summed E-state index contributed by atoms with van der Waals surface area (Å²) in [7, 11) is 0. The van der Waals surface area contributed by atoms with E-state index < -0.39 is 41.0 Å². The molecule has 0 spiro atoms. The predicted molar refractivity (Wildman–Crippen MR) is 123 cm³/mol. The first kappa shape index (κ1) is 23.6. The van der Waals surface area contributed by atoms with E-state index in [1.54, 1.807) is 18.2 Å². The number of ketones is 1. The summed E-state index contributed by atoms with van der Waals surface area (Å²) in [4.78, 5) is 27.3. The SMILES string of the molecule is CC1Cc2cc(/C(O)=C3/C(=O)C(=O)N(c4ccc(C(F)(F)F)cc4)C3c3ccc(F)cc3)ccc2O1. The Balaban J connectivity index is 1.65. The quantitative estimate of drug-likeness (QED) is 0.215. The number of carbonyl (C=O) groups is 2. The molecule has 0 aliphatic carbocycles. The molecule has 184 valence electrons. The number of carbonyl (C=O) groups excluding carboxylic acids is 2. The molecule has 1 amide bonds. The van der Waals surface area contributed by atoms with Crippen LogP contribution in [0.25, 0.3) is 5.76 Å². The van der Waals surface area contributed by atoms with Crippen molar-refractivity contribution in [3.05, 3.63) is 100 Å². The fourth-order valence-corrected chi connectivity index (χ4v) is 4.60. The van der Waals surface area contributed by atoms with E-state index in [1.807, 2.05) is 6.92 Å². The van der Waals surface area contributed by atoms with Crippen molar-refractivity contribution in [1.29, 1.82) is 0 Å². The highest BCUT2D eigenvalue weighted by Gasteiger charge is 2.47. The highest BCUT2D eigenvalue weighted by atomic mass is 19.4. The summed E-state index contributed by atoms with van der Waals surface area (Å²) in [5.74, 6) is -2.38. The molecule has 0 radical (unpaired) electrons. The van der Waals surface area contributed by atoms with Gasteiger partial charge in [-0.2, -0.15) is 13.2 Å². The van der Waals surface area contributed by atoms with Gasteiger partial charge in [0.05, 0.1) is 17.2 Å². The number of benzene rings is 3. The van der Waals surface area contributed by atoms with Crippen molar-refractivity contribution in [2.24, 2.45) is 0 Å². The fourth-order valence-electron chi connectivity index (χ4n) is 4.60. The molecule has 3 aromatic rings. The first-order valence-corrected chi connectivity index (χ1v) is 11.1. The van der Waals surface area contributed by atoms with Crippen LogP contribution in [0.3, 0.4) is 0 Å². The van der Waals surface area contributed by atoms with Gasteiger partial charge in [-0.3, -0.25) is 14.5 Å². The Hall–Kier alpha value is -4.14. The fraction of sp³-hybridized carbons (Fsp3) is 0.185. The monoisotopic (exact) mass is 497 g/mol. The zero-order valence-electron chi connectivity index (χ0n) is 18.8. The van der Waals surface area contributed by atoms with E-state index in [1.165, 1.54) is 12.1 Å². The second-order valence-electron chi connectivity index (χ2n) is 8.72. The molecule has 2 unspecified atom stereocenters. The molecule has 1 saturated heterocycles. The average Bonchev–Trinajstić information content (AvgIpc) is 3.34. The van der Waals surface area contributed by atoms with Gasteiger partial charge in [-0.15, -0.1) is 0 Å². The number of nitrogens with zero attached hydrogens (tertiary/aromatic N) is 1. The Labute approximate surface area is 203 Å². The maximum absolute atomic E-state index is 13.7. The van der Waals surface area contributed by atoms with E-state index in [2.05, 4.69) is 0 Å². The van der Waals surface area contributed by atoms with Crippen molar-refractivity contribution in [1.82, 2.24) is 0 Å². The lowest BCUT2D eigenvalue weighted by Crippen LogP contribution is -2.29. The topological polar surface area (TPSA) is 66.8 Å². The zero-order valence-corrected chi connectivity index (χ0v) is 18.8. The summed E-state index contributed by atoms with van der Waals surface area (Å²) in [6.45, 7) is 1.89. The normalized spacial score (nSPS) is 21.0. The van der Waals surface area contributed by atoms with Crippen LogP contribution in [0.15, 0.2) is 72.3 Å². The molecule has 3 aromatic carbocycles. The number of anilines is 1. The molecule has 2 aliphatic heterocycles. The van der Waals surface area contributed by atoms with E-state index in [0.717, 1.165) is 46.9 Å². The Bertz CT molecular complexity index is 1390. The lowest BCUT2D eigenvalue weighted by Gasteiger charge is -2.25. The largest absolute Gasteiger partial charge is 0.507 e. The first-order chi connectivity index (χ1) is 17.0. The number of hydrogen-bond donors (Lipinski definition) is 1. The van der Waals surface area contributed by atoms with E-state index in [4.69, 9.17) is 4.74 Å². The molecule has 5 rings (SSSR count). The van der Waals surface area contributed by atoms with Crippen LogP contribution in [0.2, 0.25) is 0 Å². The summed E-state index contributed by atoms with van der Waals surface area (Å²) >= 11 is 0. The molecule has 0 aromatic heterocycles. The van der Waals surface area contributed by atoms with E-state index in [0.29, 0.717) is 17.7 Å². The summed E-state index contributed by atoms with van der Waals surface area (Å²) in [5.41, 5.74) is 0.254. The third-order valence-corrected chi connectivity index (χ3v) is 6.27. The highest BCUT2D eigenvalue weighted by molar-refractivity contribution is 6.51. The number of alkyl halides is 3. The molecule has 5 nitrogen and oxygen atoms in total. The highest BCUT2D eigenvalue weighted by Crippen LogP contribution is 2.43. The van der Waals surface area contributed by atoms with Gasteiger partial charge in [0.1, 0.15) is 23.4 Å². The van der Waals surface area contributed by atoms with Gasteiger partial charge < -0.3 is 9.84 Å². The minimum absolute atomic E-state index is 0.0228. The standard InChI is InChI=1S/C27H19F4NO4/c1-14-12-17-13-16(4-11-21(17)36-14)24(33)22-23(15-2-7-19(28)8-3-15)32(26(35)25(22)34)20-9-5-18(6-10-20)27(29,30)31/h2-11,13-14,23,33H,12H2,1H3/b24-22-. The van der Waals surface area contributed by atoms with Crippen molar-refractivity contribution < 1.29 is 37.0 Å². The van der Waals surface area contributed by atoms with Gasteiger partial charge in [0.15, 0.2) is 0 Å². The van der Waals surface area contributed by atoms with Crippen LogP contribution in [0.1, 0.15) is 35.2 Å². The Kier molecular flexibility index (Phi) is 5.58. The van der Waals surface area contributed by atoms with Crippen LogP contribution in [0, 0.1) is 5.82 Å². The number of aliphatic hydroxyl groups is 1. The maximum atomic E-state index is 13.7. The van der Waals surface area contributed by atoms with E-state index >= 15 is 0 Å². The van der Waals surface area contributed by atoms with Gasteiger partial charge in [-0.25, -0.2) is 4.39 Å². The van der Waals surface area contributed by atoms with Gasteiger partial charge in [-0.1, -0.05) is 12.1 Å². The summed E-state index contributed by atoms with van der Waals surface area (Å²) in [6.07, 6.45) is -4.04. The second-order valence-corrected chi connectivity index (χ2v) is 8.72. The molecule has 1 N–H and O–H groups in total. The molecule has 0 bridgehead atoms. The number of fused-ring (bicyclic) bond motifs is 1. The van der Waals surface area contributed by atoms with Gasteiger partial charge in [0, 0.05) is 17.7 Å². The van der Waals surface area contributed by atoms with Crippen molar-refractivity contribution in [3.8, 4) is 5.75 Å². The second kappa shape index (κ2) is 8.51. The van der Waals surface area contributed by atoms with Gasteiger partial charge in [-0.05, 0) is 72.6 Å². The lowest BCUT2D eigenvalue weighted by molar-refractivity contribution is -0.137. The van der Waals surface area contributed by atoms with Crippen molar-refractivity contribution in [2.75, 3.05) is 4.90 Å². The number of amides is 1. The Morgan fingerprint density at radius 2 is 1.67 bits per heavy atom. The molecule has 1 fully saturated rings. The predicted octanol–water partition coefficient (Wildman–Crippen LogP) is 5.79. The zero-order chi connectivity index (χ0) is 25.8. The molecular weight excluding hydrogens is 478 g/mol. The smallest absolute Gasteiger partial charge is 0.416 e. The molecule has 0 saturated carbocycles.